The van der Waals surface area contributed by atoms with Gasteiger partial charge in [0.25, 0.3) is 0 Å². The number of carbonyl (C=O) groups is 2. The summed E-state index contributed by atoms with van der Waals surface area (Å²) >= 11 is 0. The van der Waals surface area contributed by atoms with E-state index in [1.165, 1.54) is 0 Å². The van der Waals surface area contributed by atoms with Crippen LogP contribution in [-0.4, -0.2) is 28.0 Å². The van der Waals surface area contributed by atoms with Crippen molar-refractivity contribution in [3.8, 4) is 0 Å². The predicted octanol–water partition coefficient (Wildman–Crippen LogP) is 2.54. The van der Waals surface area contributed by atoms with Gasteiger partial charge in [-0.3, -0.25) is 4.79 Å². The van der Waals surface area contributed by atoms with Crippen molar-refractivity contribution >= 4 is 23.0 Å². The van der Waals surface area contributed by atoms with Crippen LogP contribution in [0.1, 0.15) is 30.4 Å². The lowest BCUT2D eigenvalue weighted by atomic mass is 10.1. The first-order valence-corrected chi connectivity index (χ1v) is 9.39. The largest absolute Gasteiger partial charge is 0.352 e. The molecule has 0 bridgehead atoms. The van der Waals surface area contributed by atoms with E-state index in [0.29, 0.717) is 25.9 Å². The summed E-state index contributed by atoms with van der Waals surface area (Å²) in [5, 5.41) is 5.46. The standard InChI is InChI=1S/C21H25N5O2/c22-21(28)23-11-4-3-10-20(27)24-13-16-6-5-7-17(12-16)14-26-15-25-18-8-1-2-9-19(18)26/h1-2,5-9,12,15H,3-4,10-11,13-14H2,(H,24,27)(H3,22,23,28). The molecule has 0 atom stereocenters. The summed E-state index contributed by atoms with van der Waals surface area (Å²) in [4.78, 5) is 27.0. The van der Waals surface area contributed by atoms with Crippen LogP contribution in [0, 0.1) is 0 Å². The molecule has 3 rings (SSSR count). The molecule has 0 radical (unpaired) electrons. The van der Waals surface area contributed by atoms with Gasteiger partial charge in [0.15, 0.2) is 0 Å². The number of nitrogens with one attached hydrogen (secondary N) is 2. The van der Waals surface area contributed by atoms with Gasteiger partial charge in [-0.1, -0.05) is 36.4 Å². The van der Waals surface area contributed by atoms with Crippen LogP contribution in [0.4, 0.5) is 4.79 Å². The zero-order valence-corrected chi connectivity index (χ0v) is 15.7. The summed E-state index contributed by atoms with van der Waals surface area (Å²) in [5.74, 6) is 0.00471. The van der Waals surface area contributed by atoms with E-state index < -0.39 is 6.03 Å². The van der Waals surface area contributed by atoms with Crippen LogP contribution in [0.3, 0.4) is 0 Å². The molecule has 0 saturated carbocycles. The lowest BCUT2D eigenvalue weighted by Gasteiger charge is -2.09. The Morgan fingerprint density at radius 1 is 1.00 bits per heavy atom. The second-order valence-corrected chi connectivity index (χ2v) is 6.71. The van der Waals surface area contributed by atoms with E-state index in [9.17, 15) is 9.59 Å². The summed E-state index contributed by atoms with van der Waals surface area (Å²) in [6, 6.07) is 15.7. The van der Waals surface area contributed by atoms with E-state index in [-0.39, 0.29) is 5.91 Å². The van der Waals surface area contributed by atoms with Gasteiger partial charge in [-0.2, -0.15) is 0 Å². The Morgan fingerprint density at radius 3 is 2.68 bits per heavy atom. The molecule has 0 aliphatic heterocycles. The molecule has 0 fully saturated rings. The van der Waals surface area contributed by atoms with Gasteiger partial charge in [0.05, 0.1) is 17.4 Å². The SMILES string of the molecule is NC(=O)NCCCCC(=O)NCc1cccc(Cn2cnc3ccccc32)c1. The first kappa shape index (κ1) is 19.4. The first-order valence-electron chi connectivity index (χ1n) is 9.39. The highest BCUT2D eigenvalue weighted by molar-refractivity contribution is 5.76. The van der Waals surface area contributed by atoms with E-state index in [1.807, 2.05) is 36.7 Å². The smallest absolute Gasteiger partial charge is 0.312 e. The molecule has 0 aliphatic carbocycles. The third kappa shape index (κ3) is 5.57. The maximum absolute atomic E-state index is 12.0. The molecule has 1 heterocycles. The topological polar surface area (TPSA) is 102 Å². The number of para-hydroxylation sites is 2. The molecule has 3 amide bonds. The minimum atomic E-state index is -0.534. The molecule has 2 aromatic carbocycles. The minimum absolute atomic E-state index is 0.00471. The van der Waals surface area contributed by atoms with Crippen LogP contribution in [-0.2, 0) is 17.9 Å². The molecule has 3 aromatic rings. The van der Waals surface area contributed by atoms with Gasteiger partial charge < -0.3 is 20.9 Å². The Morgan fingerprint density at radius 2 is 1.82 bits per heavy atom. The van der Waals surface area contributed by atoms with Gasteiger partial charge in [0.2, 0.25) is 5.91 Å². The third-order valence-electron chi connectivity index (χ3n) is 4.49. The molecule has 0 unspecified atom stereocenters. The monoisotopic (exact) mass is 379 g/mol. The highest BCUT2D eigenvalue weighted by atomic mass is 16.2. The Labute approximate surface area is 163 Å². The molecule has 0 aliphatic rings. The third-order valence-corrected chi connectivity index (χ3v) is 4.49. The fourth-order valence-electron chi connectivity index (χ4n) is 3.08. The molecular weight excluding hydrogens is 354 g/mol. The highest BCUT2D eigenvalue weighted by Crippen LogP contribution is 2.15. The normalized spacial score (nSPS) is 10.7. The Hall–Kier alpha value is -3.35. The number of nitrogens with zero attached hydrogens (tertiary/aromatic N) is 2. The van der Waals surface area contributed by atoms with Crippen molar-refractivity contribution in [1.82, 2.24) is 20.2 Å². The summed E-state index contributed by atoms with van der Waals surface area (Å²) in [7, 11) is 0. The van der Waals surface area contributed by atoms with Crippen LogP contribution >= 0.6 is 0 Å². The molecule has 0 spiro atoms. The summed E-state index contributed by atoms with van der Waals surface area (Å²) in [6.45, 7) is 1.72. The number of urea groups is 1. The molecular formula is C21H25N5O2. The fraction of sp³-hybridized carbons (Fsp3) is 0.286. The van der Waals surface area contributed by atoms with Crippen molar-refractivity contribution in [2.24, 2.45) is 5.73 Å². The number of primary amides is 1. The Bertz CT molecular complexity index is 951. The van der Waals surface area contributed by atoms with E-state index in [0.717, 1.165) is 35.1 Å². The maximum atomic E-state index is 12.0. The molecule has 7 nitrogen and oxygen atoms in total. The van der Waals surface area contributed by atoms with Crippen LogP contribution in [0.5, 0.6) is 0 Å². The van der Waals surface area contributed by atoms with Crippen LogP contribution in [0.25, 0.3) is 11.0 Å². The van der Waals surface area contributed by atoms with E-state index in [1.54, 1.807) is 0 Å². The lowest BCUT2D eigenvalue weighted by Crippen LogP contribution is -2.30. The maximum Gasteiger partial charge on any atom is 0.312 e. The number of carbonyl (C=O) groups excluding carboxylic acids is 2. The van der Waals surface area contributed by atoms with Gasteiger partial charge >= 0.3 is 6.03 Å². The zero-order chi connectivity index (χ0) is 19.8. The van der Waals surface area contributed by atoms with E-state index in [4.69, 9.17) is 5.73 Å². The van der Waals surface area contributed by atoms with Crippen molar-refractivity contribution in [1.29, 1.82) is 0 Å². The van der Waals surface area contributed by atoms with Gasteiger partial charge in [-0.25, -0.2) is 9.78 Å². The number of amides is 3. The average molecular weight is 379 g/mol. The summed E-state index contributed by atoms with van der Waals surface area (Å²) in [6.07, 6.45) is 3.72. The van der Waals surface area contributed by atoms with Crippen molar-refractivity contribution in [2.75, 3.05) is 6.54 Å². The Balaban J connectivity index is 1.48. The lowest BCUT2D eigenvalue weighted by molar-refractivity contribution is -0.121. The number of rotatable bonds is 9. The number of nitrogens with two attached hydrogens (primary N) is 1. The van der Waals surface area contributed by atoms with E-state index in [2.05, 4.69) is 38.4 Å². The number of benzene rings is 2. The number of fused-ring (bicyclic) bond motifs is 1. The summed E-state index contributed by atoms with van der Waals surface area (Å²) < 4.78 is 2.12. The second-order valence-electron chi connectivity index (χ2n) is 6.71. The van der Waals surface area contributed by atoms with Crippen LogP contribution in [0.2, 0.25) is 0 Å². The molecule has 4 N–H and O–H groups in total. The molecule has 28 heavy (non-hydrogen) atoms. The molecule has 0 saturated heterocycles. The average Bonchev–Trinajstić information content (AvgIpc) is 3.09. The van der Waals surface area contributed by atoms with E-state index >= 15 is 0 Å². The zero-order valence-electron chi connectivity index (χ0n) is 15.7. The fourth-order valence-corrected chi connectivity index (χ4v) is 3.08. The van der Waals surface area contributed by atoms with Crippen molar-refractivity contribution in [2.45, 2.75) is 32.4 Å². The van der Waals surface area contributed by atoms with Gasteiger partial charge in [-0.15, -0.1) is 0 Å². The number of aromatic nitrogens is 2. The minimum Gasteiger partial charge on any atom is -0.352 e. The highest BCUT2D eigenvalue weighted by Gasteiger charge is 2.05. The quantitative estimate of drug-likeness (QED) is 0.498. The number of hydrogen-bond acceptors (Lipinski definition) is 3. The number of hydrogen-bond donors (Lipinski definition) is 3. The van der Waals surface area contributed by atoms with Crippen molar-refractivity contribution < 1.29 is 9.59 Å². The van der Waals surface area contributed by atoms with Crippen LogP contribution < -0.4 is 16.4 Å². The predicted molar refractivity (Wildman–Crippen MR) is 109 cm³/mol. The van der Waals surface area contributed by atoms with Gasteiger partial charge in [-0.05, 0) is 36.1 Å². The molecule has 1 aromatic heterocycles. The molecule has 7 heteroatoms. The number of unbranched alkanes of at least 4 members (excludes halogenated alkanes) is 1. The van der Waals surface area contributed by atoms with Crippen LogP contribution in [0.15, 0.2) is 54.9 Å². The number of imidazole rings is 1. The first-order chi connectivity index (χ1) is 13.6. The summed E-state index contributed by atoms with van der Waals surface area (Å²) in [5.41, 5.74) is 9.30. The van der Waals surface area contributed by atoms with Gasteiger partial charge in [0, 0.05) is 26.1 Å². The van der Waals surface area contributed by atoms with Crippen molar-refractivity contribution in [3.05, 3.63) is 66.0 Å². The Kier molecular flexibility index (Phi) is 6.62. The second kappa shape index (κ2) is 9.55. The van der Waals surface area contributed by atoms with Gasteiger partial charge in [0.1, 0.15) is 0 Å². The molecule has 146 valence electrons. The van der Waals surface area contributed by atoms with Crippen molar-refractivity contribution in [3.63, 3.8) is 0 Å².